The Hall–Kier alpha value is -1.20. The van der Waals surface area contributed by atoms with E-state index in [9.17, 15) is 14.4 Å². The van der Waals surface area contributed by atoms with Gasteiger partial charge in [0, 0.05) is 34.0 Å². The van der Waals surface area contributed by atoms with Crippen LogP contribution in [0.2, 0.25) is 0 Å². The Morgan fingerprint density at radius 2 is 1.50 bits per heavy atom. The molecule has 22 heavy (non-hydrogen) atoms. The second kappa shape index (κ2) is 8.44. The van der Waals surface area contributed by atoms with E-state index in [1.54, 1.807) is 0 Å². The van der Waals surface area contributed by atoms with E-state index in [4.69, 9.17) is 18.9 Å². The Morgan fingerprint density at radius 1 is 0.955 bits per heavy atom. The van der Waals surface area contributed by atoms with Gasteiger partial charge in [-0.1, -0.05) is 14.8 Å². The lowest BCUT2D eigenvalue weighted by Crippen LogP contribution is -2.55. The van der Waals surface area contributed by atoms with Crippen molar-refractivity contribution in [1.29, 1.82) is 0 Å². The molecule has 0 aliphatic carbocycles. The number of rotatable bonds is 5. The monoisotopic (exact) mass is 334 g/mol. The fourth-order valence-corrected chi connectivity index (χ4v) is 5.08. The molecule has 0 aromatic rings. The number of ether oxygens (including phenoxy) is 4. The molecule has 1 unspecified atom stereocenters. The first-order valence-corrected chi connectivity index (χ1v) is 8.86. The molecule has 1 aliphatic rings. The molecule has 1 heterocycles. The van der Waals surface area contributed by atoms with Crippen molar-refractivity contribution < 1.29 is 33.3 Å². The smallest absolute Gasteiger partial charge is 0.303 e. The molecule has 1 aliphatic heterocycles. The molecule has 1 rings (SSSR count). The van der Waals surface area contributed by atoms with Crippen LogP contribution in [-0.4, -0.2) is 61.5 Å². The third-order valence-electron chi connectivity index (χ3n) is 3.33. The van der Waals surface area contributed by atoms with Gasteiger partial charge >= 0.3 is 17.9 Å². The van der Waals surface area contributed by atoms with Gasteiger partial charge in [-0.15, -0.1) is 0 Å². The van der Waals surface area contributed by atoms with Crippen LogP contribution in [0.15, 0.2) is 0 Å². The zero-order chi connectivity index (χ0) is 16.9. The molecule has 0 radical (unpaired) electrons. The van der Waals surface area contributed by atoms with Gasteiger partial charge < -0.3 is 18.9 Å². The Labute approximate surface area is 131 Å². The first kappa shape index (κ1) is 18.8. The first-order valence-electron chi connectivity index (χ1n) is 7.08. The molecule has 5 atom stereocenters. The summed E-state index contributed by atoms with van der Waals surface area (Å²) in [5.74, 6) is -1.92. The van der Waals surface area contributed by atoms with Gasteiger partial charge in [0.25, 0.3) is 0 Å². The van der Waals surface area contributed by atoms with E-state index < -0.39 is 50.0 Å². The maximum absolute atomic E-state index is 11.4. The van der Waals surface area contributed by atoms with Gasteiger partial charge in [-0.05, 0) is 6.16 Å². The molecule has 0 spiro atoms. The number of carbonyl (C=O) groups excluding carboxylic acids is 3. The van der Waals surface area contributed by atoms with Crippen molar-refractivity contribution in [1.82, 2.24) is 0 Å². The Kier molecular flexibility index (Phi) is 7.23. The van der Waals surface area contributed by atoms with Crippen molar-refractivity contribution in [3.05, 3.63) is 0 Å². The molecule has 1 saturated heterocycles. The van der Waals surface area contributed by atoms with Crippen molar-refractivity contribution in [3.63, 3.8) is 0 Å². The molecular formula is C14H23O7P. The minimum absolute atomic E-state index is 0.425. The summed E-state index contributed by atoms with van der Waals surface area (Å²) in [6, 6.07) is 0. The lowest BCUT2D eigenvalue weighted by Gasteiger charge is -2.44. The van der Waals surface area contributed by atoms with E-state index in [1.165, 1.54) is 27.9 Å². The van der Waals surface area contributed by atoms with Crippen LogP contribution in [0.4, 0.5) is 0 Å². The minimum atomic E-state index is -0.815. The van der Waals surface area contributed by atoms with E-state index in [0.29, 0.717) is 6.16 Å². The molecule has 7 nitrogen and oxygen atoms in total. The van der Waals surface area contributed by atoms with Crippen molar-refractivity contribution >= 4 is 25.8 Å². The van der Waals surface area contributed by atoms with E-state index in [-0.39, 0.29) is 0 Å². The highest BCUT2D eigenvalue weighted by molar-refractivity contribution is 7.58. The molecule has 0 amide bonds. The topological polar surface area (TPSA) is 88.1 Å². The summed E-state index contributed by atoms with van der Waals surface area (Å²) < 4.78 is 21.4. The largest absolute Gasteiger partial charge is 0.459 e. The van der Waals surface area contributed by atoms with E-state index in [1.807, 2.05) is 6.92 Å². The lowest BCUT2D eigenvalue weighted by atomic mass is 10.1. The fourth-order valence-electron chi connectivity index (χ4n) is 2.56. The highest BCUT2D eigenvalue weighted by atomic mass is 31.1. The predicted molar refractivity (Wildman–Crippen MR) is 79.8 cm³/mol. The van der Waals surface area contributed by atoms with Gasteiger partial charge in [-0.2, -0.15) is 0 Å². The summed E-state index contributed by atoms with van der Waals surface area (Å²) in [4.78, 5) is 34.1. The number of hydrogen-bond acceptors (Lipinski definition) is 7. The predicted octanol–water partition coefficient (Wildman–Crippen LogP) is 1.27. The molecular weight excluding hydrogens is 311 g/mol. The summed E-state index contributed by atoms with van der Waals surface area (Å²) in [5, 5.41) is 0. The molecule has 0 saturated carbocycles. The fraction of sp³-hybridized carbons (Fsp3) is 0.786. The number of carbonyl (C=O) groups is 3. The Balaban J connectivity index is 3.10. The molecule has 0 N–H and O–H groups in total. The lowest BCUT2D eigenvalue weighted by molar-refractivity contribution is -0.184. The molecule has 0 bridgehead atoms. The molecule has 126 valence electrons. The van der Waals surface area contributed by atoms with E-state index in [0.717, 1.165) is 6.16 Å². The van der Waals surface area contributed by atoms with Crippen LogP contribution in [0.25, 0.3) is 0 Å². The maximum Gasteiger partial charge on any atom is 0.303 e. The Morgan fingerprint density at radius 3 is 1.91 bits per heavy atom. The Bertz CT molecular complexity index is 425. The molecule has 0 aromatic carbocycles. The zero-order valence-corrected chi connectivity index (χ0v) is 14.4. The van der Waals surface area contributed by atoms with Crippen molar-refractivity contribution in [2.75, 3.05) is 19.4 Å². The van der Waals surface area contributed by atoms with Crippen LogP contribution in [0.5, 0.6) is 0 Å². The third-order valence-corrected chi connectivity index (χ3v) is 6.09. The quantitative estimate of drug-likeness (QED) is 0.425. The summed E-state index contributed by atoms with van der Waals surface area (Å²) in [7, 11) is 0.631. The van der Waals surface area contributed by atoms with Crippen molar-refractivity contribution in [2.24, 2.45) is 0 Å². The normalized spacial score (nSPS) is 31.2. The molecule has 8 heteroatoms. The van der Waals surface area contributed by atoms with Gasteiger partial charge in [0.1, 0.15) is 12.2 Å². The van der Waals surface area contributed by atoms with Gasteiger partial charge in [0.2, 0.25) is 0 Å². The van der Waals surface area contributed by atoms with Crippen molar-refractivity contribution in [3.8, 4) is 0 Å². The van der Waals surface area contributed by atoms with Crippen LogP contribution < -0.4 is 0 Å². The summed E-state index contributed by atoms with van der Waals surface area (Å²) in [6.07, 6.45) is -0.679. The first-order chi connectivity index (χ1) is 10.3. The second-order valence-corrected chi connectivity index (χ2v) is 7.69. The molecule has 1 fully saturated rings. The summed E-state index contributed by atoms with van der Waals surface area (Å²) in [5.41, 5.74) is 0. The third kappa shape index (κ3) is 4.92. The van der Waals surface area contributed by atoms with E-state index >= 15 is 0 Å². The highest BCUT2D eigenvalue weighted by Crippen LogP contribution is 2.50. The number of esters is 3. The standard InChI is InChI=1S/C14H23O7P/c1-6-22-7-11(19-8(2)15)12(18-5)13(20-9(3)16)14(22)21-10(4)17/h11-14H,6-7H2,1-5H3/t11-,12+,13-,14+,22?/m1/s1. The minimum Gasteiger partial charge on any atom is -0.459 e. The highest BCUT2D eigenvalue weighted by Gasteiger charge is 2.49. The van der Waals surface area contributed by atoms with Crippen molar-refractivity contribution in [2.45, 2.75) is 51.9 Å². The van der Waals surface area contributed by atoms with Gasteiger partial charge in [-0.3, -0.25) is 14.4 Å². The van der Waals surface area contributed by atoms with Gasteiger partial charge in [-0.25, -0.2) is 0 Å². The molecule has 0 aromatic heterocycles. The second-order valence-electron chi connectivity index (χ2n) is 5.01. The maximum atomic E-state index is 11.4. The van der Waals surface area contributed by atoms with Crippen LogP contribution in [0, 0.1) is 0 Å². The van der Waals surface area contributed by atoms with Gasteiger partial charge in [0.05, 0.1) is 0 Å². The summed E-state index contributed by atoms with van der Waals surface area (Å²) >= 11 is 0. The van der Waals surface area contributed by atoms with Crippen LogP contribution in [-0.2, 0) is 33.3 Å². The average molecular weight is 334 g/mol. The average Bonchev–Trinajstić information content (AvgIpc) is 2.39. The SMILES string of the molecule is CCP1C[C@@H](OC(C)=O)[C@H](OC)[C@@H](OC(C)=O)[C@H]1OC(C)=O. The zero-order valence-electron chi connectivity index (χ0n) is 13.5. The number of methoxy groups -OCH3 is 1. The van der Waals surface area contributed by atoms with Crippen LogP contribution in [0.3, 0.4) is 0 Å². The summed E-state index contributed by atoms with van der Waals surface area (Å²) in [6.45, 7) is 5.88. The number of hydrogen-bond donors (Lipinski definition) is 0. The van der Waals surface area contributed by atoms with Gasteiger partial charge in [0.15, 0.2) is 11.9 Å². The van der Waals surface area contributed by atoms with Crippen LogP contribution >= 0.6 is 7.92 Å². The van der Waals surface area contributed by atoms with E-state index in [2.05, 4.69) is 0 Å². The van der Waals surface area contributed by atoms with Crippen LogP contribution in [0.1, 0.15) is 27.7 Å².